The molecule has 22 heteroatoms. The van der Waals surface area contributed by atoms with Gasteiger partial charge >= 0.3 is 30.1 Å². The van der Waals surface area contributed by atoms with Gasteiger partial charge in [-0.2, -0.15) is 0 Å². The van der Waals surface area contributed by atoms with E-state index >= 15 is 9.59 Å². The molecule has 0 bridgehead atoms. The smallest absolute Gasteiger partial charge is 0.408 e. The van der Waals surface area contributed by atoms with Crippen LogP contribution in [0.2, 0.25) is 0 Å². The molecule has 0 aromatic heterocycles. The third-order valence-corrected chi connectivity index (χ3v) is 16.2. The second-order valence-electron chi connectivity index (χ2n) is 25.3. The van der Waals surface area contributed by atoms with Gasteiger partial charge in [0, 0.05) is 27.1 Å². The van der Waals surface area contributed by atoms with Crippen LogP contribution < -0.4 is 20.7 Å². The number of nitrogens with zero attached hydrogens (tertiary/aromatic N) is 2. The van der Waals surface area contributed by atoms with Crippen LogP contribution in [0.3, 0.4) is 0 Å². The van der Waals surface area contributed by atoms with Gasteiger partial charge in [-0.25, -0.2) is 14.4 Å². The van der Waals surface area contributed by atoms with Crippen molar-refractivity contribution in [3.05, 3.63) is 138 Å². The normalized spacial score (nSPS) is 18.8. The summed E-state index contributed by atoms with van der Waals surface area (Å²) in [5.74, 6) is -5.84. The van der Waals surface area contributed by atoms with Gasteiger partial charge in [0.2, 0.25) is 17.7 Å². The van der Waals surface area contributed by atoms with Gasteiger partial charge in [-0.3, -0.25) is 24.0 Å². The highest BCUT2D eigenvalue weighted by atomic mass is 16.7. The number of hydrogen-bond acceptors (Lipinski definition) is 17. The van der Waals surface area contributed by atoms with Crippen LogP contribution in [0.25, 0.3) is 0 Å². The molecule has 11 atom stereocenters. The van der Waals surface area contributed by atoms with Crippen LogP contribution in [0, 0.1) is 23.7 Å². The number of amides is 5. The molecule has 4 aromatic carbocycles. The number of esters is 3. The zero-order valence-electron chi connectivity index (χ0n) is 55.3. The predicted octanol–water partition coefficient (Wildman–Crippen LogP) is 9.03. The van der Waals surface area contributed by atoms with Crippen LogP contribution in [0.5, 0.6) is 5.75 Å². The average Bonchev–Trinajstić information content (AvgIpc) is 1.31. The first-order valence-electron chi connectivity index (χ1n) is 31.7. The van der Waals surface area contributed by atoms with E-state index in [1.165, 1.54) is 38.0 Å². The van der Waals surface area contributed by atoms with Crippen LogP contribution in [0.4, 0.5) is 9.59 Å². The van der Waals surface area contributed by atoms with Crippen LogP contribution in [-0.4, -0.2) is 152 Å². The molecule has 0 radical (unpaired) electrons. The lowest BCUT2D eigenvalue weighted by atomic mass is 9.82. The number of methoxy groups -OCH3 is 2. The topological polar surface area (TPSA) is 262 Å². The highest BCUT2D eigenvalue weighted by molar-refractivity contribution is 5.94. The summed E-state index contributed by atoms with van der Waals surface area (Å²) in [7, 11) is 4.39. The highest BCUT2D eigenvalue weighted by Gasteiger charge is 2.47. The molecule has 4 aromatic rings. The summed E-state index contributed by atoms with van der Waals surface area (Å²) in [5.41, 5.74) is 1.90. The van der Waals surface area contributed by atoms with Crippen molar-refractivity contribution in [3.63, 3.8) is 0 Å². The Morgan fingerprint density at radius 3 is 1.82 bits per heavy atom. The van der Waals surface area contributed by atoms with Gasteiger partial charge in [-0.05, 0) is 113 Å². The first-order chi connectivity index (χ1) is 43.9. The zero-order chi connectivity index (χ0) is 67.1. The maximum absolute atomic E-state index is 15.1. The minimum Gasteiger partial charge on any atom is -0.497 e. The van der Waals surface area contributed by atoms with Gasteiger partial charge in [0.15, 0.2) is 0 Å². The van der Waals surface area contributed by atoms with Crippen LogP contribution in [0.15, 0.2) is 115 Å². The third kappa shape index (κ3) is 22.1. The Bertz CT molecular complexity index is 3000. The summed E-state index contributed by atoms with van der Waals surface area (Å²) < 4.78 is 52.9. The Balaban J connectivity index is 1.26. The van der Waals surface area contributed by atoms with E-state index in [1.54, 1.807) is 52.0 Å². The van der Waals surface area contributed by atoms with Crippen molar-refractivity contribution in [3.8, 4) is 5.75 Å². The predicted molar refractivity (Wildman–Crippen MR) is 341 cm³/mol. The molecule has 502 valence electrons. The van der Waals surface area contributed by atoms with Crippen molar-refractivity contribution >= 4 is 47.8 Å². The Morgan fingerprint density at radius 2 is 1.25 bits per heavy atom. The molecule has 0 spiro atoms. The molecule has 22 nitrogen and oxygen atoms in total. The molecule has 2 aliphatic rings. The van der Waals surface area contributed by atoms with E-state index in [-0.39, 0.29) is 70.7 Å². The molecule has 1 saturated heterocycles. The lowest BCUT2D eigenvalue weighted by Gasteiger charge is -2.40. The summed E-state index contributed by atoms with van der Waals surface area (Å²) >= 11 is 0. The number of nitrogens with one attached hydrogen (secondary N) is 3. The van der Waals surface area contributed by atoms with Crippen molar-refractivity contribution in [1.29, 1.82) is 0 Å². The molecule has 6 rings (SSSR count). The quantitative estimate of drug-likeness (QED) is 0.0241. The van der Waals surface area contributed by atoms with Gasteiger partial charge in [0.05, 0.1) is 37.7 Å². The van der Waals surface area contributed by atoms with E-state index in [1.807, 2.05) is 119 Å². The minimum atomic E-state index is -1.64. The molecular formula is C70H95N5O17. The van der Waals surface area contributed by atoms with Crippen LogP contribution in [-0.2, 0) is 92.9 Å². The van der Waals surface area contributed by atoms with Gasteiger partial charge in [0.25, 0.3) is 0 Å². The Kier molecular flexibility index (Phi) is 28.3. The van der Waals surface area contributed by atoms with E-state index in [2.05, 4.69) is 16.0 Å². The molecule has 3 N–H and O–H groups in total. The van der Waals surface area contributed by atoms with Gasteiger partial charge in [-0.1, -0.05) is 137 Å². The van der Waals surface area contributed by atoms with Crippen molar-refractivity contribution in [2.45, 2.75) is 187 Å². The molecule has 1 aliphatic carbocycles. The molecule has 92 heavy (non-hydrogen) atoms. The van der Waals surface area contributed by atoms with Gasteiger partial charge in [0.1, 0.15) is 73.8 Å². The molecular weight excluding hydrogens is 1180 g/mol. The number of carbonyl (C=O) groups excluding carboxylic acids is 8. The standard InChI is InChI=1S/C70H95N5O17/c1-44(2)38-55(72-68(82)88-42-51-28-20-15-21-29-51)63(77)75-37-23-32-56(75)64(78)74(10)57(39-48-33-35-52(85-12)36-34-48)67(81)90-47(6)58(73-69(83)92-70(7,8)9)62(76)71-54-31-22-30-53(61(54)86-40-49-24-16-13-17-25-49)66(80)91-59(45(3)4)60(89-43-84-11)46(5)65(79)87-41-50-26-18-14-19-27-50/h13-21,24-29,33-36,44-47,53-61H,22-23,30-32,37-43H2,1-12H3,(H,71,76)(H,72,82)(H,73,83)/t46-,47+,53-,54-,55-,56-,57-,58-,59-,60+,61-/m0/s1. The van der Waals surface area contributed by atoms with E-state index in [0.29, 0.717) is 30.6 Å². The molecule has 2 fully saturated rings. The lowest BCUT2D eigenvalue weighted by Crippen LogP contribution is -2.60. The number of rotatable bonds is 31. The van der Waals surface area contributed by atoms with Crippen molar-refractivity contribution in [1.82, 2.24) is 25.8 Å². The van der Waals surface area contributed by atoms with Gasteiger partial charge in [-0.15, -0.1) is 0 Å². The molecule has 1 aliphatic heterocycles. The first kappa shape index (κ1) is 73.0. The fourth-order valence-corrected chi connectivity index (χ4v) is 11.3. The maximum Gasteiger partial charge on any atom is 0.408 e. The Morgan fingerprint density at radius 1 is 0.652 bits per heavy atom. The molecule has 1 saturated carbocycles. The number of alkyl carbamates (subject to hydrolysis) is 2. The van der Waals surface area contributed by atoms with Crippen LogP contribution in [0.1, 0.15) is 123 Å². The number of hydrogen-bond donors (Lipinski definition) is 3. The summed E-state index contributed by atoms with van der Waals surface area (Å²) in [6.07, 6.45) is -4.40. The lowest BCUT2D eigenvalue weighted by molar-refractivity contribution is -0.194. The second-order valence-corrected chi connectivity index (χ2v) is 25.3. The fourth-order valence-electron chi connectivity index (χ4n) is 11.3. The summed E-state index contributed by atoms with van der Waals surface area (Å²) in [6.45, 7) is 15.5. The number of ether oxygens (including phenoxy) is 9. The third-order valence-electron chi connectivity index (χ3n) is 16.2. The van der Waals surface area contributed by atoms with Crippen LogP contribution >= 0.6 is 0 Å². The Hall–Kier alpha value is -8.08. The monoisotopic (exact) mass is 1280 g/mol. The highest BCUT2D eigenvalue weighted by Crippen LogP contribution is 2.33. The number of carbonyl (C=O) groups is 8. The molecule has 1 heterocycles. The average molecular weight is 1280 g/mol. The van der Waals surface area contributed by atoms with E-state index in [9.17, 15) is 28.8 Å². The zero-order valence-corrected chi connectivity index (χ0v) is 55.3. The minimum absolute atomic E-state index is 0.0169. The molecule has 5 amide bonds. The van der Waals surface area contributed by atoms with E-state index < -0.39 is 120 Å². The fraction of sp³-hybridized carbons (Fsp3) is 0.543. The van der Waals surface area contributed by atoms with Gasteiger partial charge < -0.3 is 68.4 Å². The number of benzene rings is 4. The van der Waals surface area contributed by atoms with E-state index in [4.69, 9.17) is 42.6 Å². The second kappa shape index (κ2) is 35.7. The van der Waals surface area contributed by atoms with Crippen molar-refractivity contribution < 1.29 is 81.0 Å². The number of likely N-dealkylation sites (tertiary alicyclic amines) is 1. The Labute approximate surface area is 541 Å². The molecule has 0 unspecified atom stereocenters. The SMILES string of the molecule is COCO[C@H]([C@H](C)C(=O)OCc1ccccc1)[C@@H](OC(=O)[C@H]1CCC[C@H](NC(=O)[C@@H](NC(=O)OC(C)(C)C)[C@@H](C)OC(=O)[C@H](Cc2ccc(OC)cc2)N(C)C(=O)[C@@H]2CCCN2C(=O)[C@H](CC(C)C)NC(=O)OCc2ccccc2)[C@H]1OCc1ccccc1)C(C)C. The summed E-state index contributed by atoms with van der Waals surface area (Å²) in [5, 5.41) is 8.40. The first-order valence-corrected chi connectivity index (χ1v) is 31.7. The summed E-state index contributed by atoms with van der Waals surface area (Å²) in [6, 6.07) is 28.5. The summed E-state index contributed by atoms with van der Waals surface area (Å²) in [4.78, 5) is 118. The number of likely N-dealkylation sites (N-methyl/N-ethyl adjacent to an activating group) is 1. The maximum atomic E-state index is 15.1. The van der Waals surface area contributed by atoms with E-state index in [0.717, 1.165) is 16.7 Å². The van der Waals surface area contributed by atoms with Crippen molar-refractivity contribution in [2.24, 2.45) is 23.7 Å². The van der Waals surface area contributed by atoms with Crippen molar-refractivity contribution in [2.75, 3.05) is 34.6 Å². The largest absolute Gasteiger partial charge is 0.497 e.